The Kier molecular flexibility index (Phi) is 6.20. The molecule has 0 aliphatic heterocycles. The van der Waals surface area contributed by atoms with Gasteiger partial charge in [0.15, 0.2) is 0 Å². The topological polar surface area (TPSA) is 35.2 Å². The van der Waals surface area contributed by atoms with Crippen molar-refractivity contribution >= 4 is 0 Å². The largest absolute Gasteiger partial charge is 0.493 e. The molecule has 0 aliphatic carbocycles. The van der Waals surface area contributed by atoms with Crippen molar-refractivity contribution in [2.45, 2.75) is 46.6 Å². The number of hydrogen-bond donors (Lipinski definition) is 1. The molecule has 0 aromatic heterocycles. The van der Waals surface area contributed by atoms with Gasteiger partial charge < -0.3 is 10.5 Å². The zero-order valence-electron chi connectivity index (χ0n) is 12.1. The molecule has 1 rings (SSSR count). The second kappa shape index (κ2) is 7.42. The highest BCUT2D eigenvalue weighted by Gasteiger charge is 2.06. The molecule has 0 spiro atoms. The van der Waals surface area contributed by atoms with E-state index in [1.165, 1.54) is 12.0 Å². The molecule has 0 radical (unpaired) electrons. The van der Waals surface area contributed by atoms with Crippen molar-refractivity contribution in [3.8, 4) is 5.75 Å². The van der Waals surface area contributed by atoms with Crippen LogP contribution >= 0.6 is 0 Å². The van der Waals surface area contributed by atoms with Crippen molar-refractivity contribution in [1.29, 1.82) is 0 Å². The van der Waals surface area contributed by atoms with Crippen LogP contribution in [-0.4, -0.2) is 12.6 Å². The van der Waals surface area contributed by atoms with Gasteiger partial charge in [-0.15, -0.1) is 0 Å². The van der Waals surface area contributed by atoms with Gasteiger partial charge in [0.25, 0.3) is 0 Å². The normalized spacial score (nSPS) is 14.6. The second-order valence-electron chi connectivity index (χ2n) is 5.87. The summed E-state index contributed by atoms with van der Waals surface area (Å²) in [6, 6.07) is 8.50. The number of ether oxygens (including phenoxy) is 1. The first-order valence-electron chi connectivity index (χ1n) is 6.94. The molecular weight excluding hydrogens is 222 g/mol. The van der Waals surface area contributed by atoms with Crippen molar-refractivity contribution in [1.82, 2.24) is 0 Å². The SMILES string of the molecule is CC(C)CC(C)COc1ccc(CC(C)N)cc1. The van der Waals surface area contributed by atoms with Gasteiger partial charge in [-0.3, -0.25) is 0 Å². The molecule has 2 heteroatoms. The highest BCUT2D eigenvalue weighted by molar-refractivity contribution is 5.27. The van der Waals surface area contributed by atoms with E-state index in [-0.39, 0.29) is 6.04 Å². The van der Waals surface area contributed by atoms with Crippen LogP contribution in [0.15, 0.2) is 24.3 Å². The summed E-state index contributed by atoms with van der Waals surface area (Å²) in [5.74, 6) is 2.30. The minimum atomic E-state index is 0.211. The van der Waals surface area contributed by atoms with Gasteiger partial charge in [0.1, 0.15) is 5.75 Å². The Balaban J connectivity index is 2.39. The Bertz CT molecular complexity index is 329. The van der Waals surface area contributed by atoms with Crippen molar-refractivity contribution in [2.75, 3.05) is 6.61 Å². The molecule has 2 atom stereocenters. The minimum absolute atomic E-state index is 0.211. The standard InChI is InChI=1S/C16H27NO/c1-12(2)9-13(3)11-18-16-7-5-15(6-8-16)10-14(4)17/h5-8,12-14H,9-11,17H2,1-4H3. The summed E-state index contributed by atoms with van der Waals surface area (Å²) in [5.41, 5.74) is 7.05. The Morgan fingerprint density at radius 3 is 2.17 bits per heavy atom. The maximum atomic E-state index is 5.80. The van der Waals surface area contributed by atoms with Crippen LogP contribution in [0, 0.1) is 11.8 Å². The van der Waals surface area contributed by atoms with E-state index in [9.17, 15) is 0 Å². The molecule has 0 heterocycles. The molecule has 102 valence electrons. The molecule has 0 saturated heterocycles. The third kappa shape index (κ3) is 6.06. The molecule has 2 unspecified atom stereocenters. The Morgan fingerprint density at radius 1 is 1.06 bits per heavy atom. The molecule has 2 nitrogen and oxygen atoms in total. The number of hydrogen-bond acceptors (Lipinski definition) is 2. The van der Waals surface area contributed by atoms with Gasteiger partial charge in [-0.25, -0.2) is 0 Å². The van der Waals surface area contributed by atoms with Gasteiger partial charge in [-0.2, -0.15) is 0 Å². The van der Waals surface area contributed by atoms with Crippen LogP contribution in [0.4, 0.5) is 0 Å². The summed E-state index contributed by atoms with van der Waals surface area (Å²) in [6.45, 7) is 9.56. The van der Waals surface area contributed by atoms with Gasteiger partial charge in [0, 0.05) is 6.04 Å². The van der Waals surface area contributed by atoms with Crippen LogP contribution in [-0.2, 0) is 6.42 Å². The zero-order chi connectivity index (χ0) is 13.5. The lowest BCUT2D eigenvalue weighted by Crippen LogP contribution is -2.17. The van der Waals surface area contributed by atoms with Crippen molar-refractivity contribution in [3.05, 3.63) is 29.8 Å². The molecule has 0 bridgehead atoms. The summed E-state index contributed by atoms with van der Waals surface area (Å²) < 4.78 is 5.80. The third-order valence-corrected chi connectivity index (χ3v) is 2.89. The molecular formula is C16H27NO. The first-order valence-corrected chi connectivity index (χ1v) is 6.94. The van der Waals surface area contributed by atoms with Crippen LogP contribution in [0.2, 0.25) is 0 Å². The predicted molar refractivity (Wildman–Crippen MR) is 77.9 cm³/mol. The molecule has 1 aromatic rings. The molecule has 0 saturated carbocycles. The lowest BCUT2D eigenvalue weighted by Gasteiger charge is -2.15. The van der Waals surface area contributed by atoms with E-state index >= 15 is 0 Å². The van der Waals surface area contributed by atoms with Crippen molar-refractivity contribution in [3.63, 3.8) is 0 Å². The van der Waals surface area contributed by atoms with Crippen LogP contribution in [0.25, 0.3) is 0 Å². The van der Waals surface area contributed by atoms with E-state index in [0.29, 0.717) is 5.92 Å². The monoisotopic (exact) mass is 249 g/mol. The Morgan fingerprint density at radius 2 is 1.67 bits per heavy atom. The van der Waals surface area contributed by atoms with Crippen LogP contribution in [0.1, 0.15) is 39.7 Å². The average Bonchev–Trinajstić information content (AvgIpc) is 2.26. The first-order chi connectivity index (χ1) is 8.47. The summed E-state index contributed by atoms with van der Waals surface area (Å²) in [4.78, 5) is 0. The van der Waals surface area contributed by atoms with Gasteiger partial charge >= 0.3 is 0 Å². The molecule has 1 aromatic carbocycles. The van der Waals surface area contributed by atoms with Crippen LogP contribution < -0.4 is 10.5 Å². The maximum absolute atomic E-state index is 5.80. The molecule has 0 fully saturated rings. The lowest BCUT2D eigenvalue weighted by molar-refractivity contribution is 0.239. The summed E-state index contributed by atoms with van der Waals surface area (Å²) in [6.07, 6.45) is 2.13. The smallest absolute Gasteiger partial charge is 0.119 e. The lowest BCUT2D eigenvalue weighted by atomic mass is 10.00. The highest BCUT2D eigenvalue weighted by Crippen LogP contribution is 2.16. The Hall–Kier alpha value is -1.02. The molecule has 0 amide bonds. The maximum Gasteiger partial charge on any atom is 0.119 e. The van der Waals surface area contributed by atoms with Gasteiger partial charge in [-0.1, -0.05) is 32.9 Å². The van der Waals surface area contributed by atoms with E-state index in [1.807, 2.05) is 19.1 Å². The first kappa shape index (κ1) is 15.0. The van der Waals surface area contributed by atoms with E-state index < -0.39 is 0 Å². The van der Waals surface area contributed by atoms with Gasteiger partial charge in [-0.05, 0) is 49.3 Å². The van der Waals surface area contributed by atoms with E-state index in [4.69, 9.17) is 10.5 Å². The number of nitrogens with two attached hydrogens (primary N) is 1. The zero-order valence-corrected chi connectivity index (χ0v) is 12.1. The number of rotatable bonds is 7. The average molecular weight is 249 g/mol. The second-order valence-corrected chi connectivity index (χ2v) is 5.87. The molecule has 18 heavy (non-hydrogen) atoms. The van der Waals surface area contributed by atoms with Gasteiger partial charge in [0.05, 0.1) is 6.61 Å². The van der Waals surface area contributed by atoms with Crippen LogP contribution in [0.3, 0.4) is 0 Å². The van der Waals surface area contributed by atoms with Gasteiger partial charge in [0.2, 0.25) is 0 Å². The predicted octanol–water partition coefficient (Wildman–Crippen LogP) is 3.64. The molecule has 0 aliphatic rings. The summed E-state index contributed by atoms with van der Waals surface area (Å²) in [5, 5.41) is 0. The fourth-order valence-corrected chi connectivity index (χ4v) is 2.20. The van der Waals surface area contributed by atoms with E-state index in [0.717, 1.165) is 24.7 Å². The summed E-state index contributed by atoms with van der Waals surface area (Å²) >= 11 is 0. The minimum Gasteiger partial charge on any atom is -0.493 e. The third-order valence-electron chi connectivity index (χ3n) is 2.89. The quantitative estimate of drug-likeness (QED) is 0.800. The van der Waals surface area contributed by atoms with Crippen LogP contribution in [0.5, 0.6) is 5.75 Å². The Labute approximate surface area is 112 Å². The summed E-state index contributed by atoms with van der Waals surface area (Å²) in [7, 11) is 0. The fraction of sp³-hybridized carbons (Fsp3) is 0.625. The fourth-order valence-electron chi connectivity index (χ4n) is 2.20. The highest BCUT2D eigenvalue weighted by atomic mass is 16.5. The van der Waals surface area contributed by atoms with E-state index in [1.54, 1.807) is 0 Å². The van der Waals surface area contributed by atoms with Crippen molar-refractivity contribution < 1.29 is 4.74 Å². The number of benzene rings is 1. The van der Waals surface area contributed by atoms with E-state index in [2.05, 4.69) is 32.9 Å². The molecule has 2 N–H and O–H groups in total. The van der Waals surface area contributed by atoms with Crippen molar-refractivity contribution in [2.24, 2.45) is 17.6 Å².